The molecule has 34 heavy (non-hydrogen) atoms. The number of halogens is 3. The Labute approximate surface area is 202 Å². The smallest absolute Gasteiger partial charge is 0.355 e. The van der Waals surface area contributed by atoms with Crippen molar-refractivity contribution in [2.75, 3.05) is 37.6 Å². The van der Waals surface area contributed by atoms with E-state index in [4.69, 9.17) is 0 Å². The number of ketones is 1. The summed E-state index contributed by atoms with van der Waals surface area (Å²) in [5, 5.41) is 0.749. The van der Waals surface area contributed by atoms with Crippen LogP contribution in [0.1, 0.15) is 56.7 Å². The third kappa shape index (κ3) is 5.40. The summed E-state index contributed by atoms with van der Waals surface area (Å²) in [6.07, 6.45) is 4.31. The van der Waals surface area contributed by atoms with Gasteiger partial charge in [-0.2, -0.15) is 13.2 Å². The van der Waals surface area contributed by atoms with E-state index in [0.717, 1.165) is 61.1 Å². The van der Waals surface area contributed by atoms with Gasteiger partial charge in [0.2, 0.25) is 0 Å². The maximum absolute atomic E-state index is 12.8. The molecule has 0 aromatic carbocycles. The molecule has 3 fully saturated rings. The Bertz CT molecular complexity index is 1010. The number of Topliss-reactive ketones (excluding diaryl/α,β-unsaturated/α-hetero) is 1. The second kappa shape index (κ2) is 9.37. The van der Waals surface area contributed by atoms with E-state index in [9.17, 15) is 18.0 Å². The predicted octanol–water partition coefficient (Wildman–Crippen LogP) is 5.48. The first-order valence-corrected chi connectivity index (χ1v) is 13.3. The molecule has 2 saturated heterocycles. The Balaban J connectivity index is 1.12. The minimum Gasteiger partial charge on any atom is -0.355 e. The summed E-state index contributed by atoms with van der Waals surface area (Å²) >= 11 is 1.12. The van der Waals surface area contributed by atoms with Crippen LogP contribution >= 0.6 is 11.3 Å². The maximum Gasteiger partial charge on any atom is 0.393 e. The third-order valence-corrected chi connectivity index (χ3v) is 9.10. The van der Waals surface area contributed by atoms with Crippen molar-refractivity contribution >= 4 is 33.2 Å². The number of carbonyl (C=O) groups is 1. The number of nitrogens with zero attached hydrogens (tertiary/aromatic N) is 4. The van der Waals surface area contributed by atoms with Crippen LogP contribution in [0.5, 0.6) is 0 Å². The molecule has 0 radical (unpaired) electrons. The van der Waals surface area contributed by atoms with E-state index >= 15 is 0 Å². The number of fused-ring (bicyclic) bond motifs is 1. The number of thiophene rings is 1. The standard InChI is InChI=1S/C25H33F3N4OS/c1-17(33)10-18-2-4-19(5-3-18)13-31-8-6-24(7-9-31)14-32(15-24)22-21-11-20(12-25(26,27)28)34-23(21)30-16-29-22/h11,16,18-19H,2-10,12-15H2,1H3. The largest absolute Gasteiger partial charge is 0.393 e. The molecule has 0 unspecified atom stereocenters. The predicted molar refractivity (Wildman–Crippen MR) is 128 cm³/mol. The summed E-state index contributed by atoms with van der Waals surface area (Å²) in [6.45, 7) is 6.97. The maximum atomic E-state index is 12.8. The van der Waals surface area contributed by atoms with Crippen LogP contribution in [0.3, 0.4) is 0 Å². The molecule has 0 N–H and O–H groups in total. The average molecular weight is 495 g/mol. The van der Waals surface area contributed by atoms with E-state index in [2.05, 4.69) is 19.8 Å². The van der Waals surface area contributed by atoms with Crippen LogP contribution in [0, 0.1) is 17.3 Å². The molecule has 9 heteroatoms. The highest BCUT2D eigenvalue weighted by atomic mass is 32.1. The molecule has 2 aromatic heterocycles. The first kappa shape index (κ1) is 24.0. The molecule has 5 rings (SSSR count). The van der Waals surface area contributed by atoms with Gasteiger partial charge in [-0.15, -0.1) is 11.3 Å². The highest BCUT2D eigenvalue weighted by Crippen LogP contribution is 2.45. The summed E-state index contributed by atoms with van der Waals surface area (Å²) < 4.78 is 38.5. The average Bonchev–Trinajstić information content (AvgIpc) is 3.14. The molecule has 4 heterocycles. The van der Waals surface area contributed by atoms with Crippen LogP contribution in [-0.4, -0.2) is 59.6 Å². The Morgan fingerprint density at radius 1 is 1.12 bits per heavy atom. The monoisotopic (exact) mass is 494 g/mol. The van der Waals surface area contributed by atoms with Crippen LogP contribution in [0.15, 0.2) is 12.4 Å². The van der Waals surface area contributed by atoms with Crippen molar-refractivity contribution in [3.63, 3.8) is 0 Å². The van der Waals surface area contributed by atoms with Crippen molar-refractivity contribution < 1.29 is 18.0 Å². The molecule has 1 spiro atoms. The Hall–Kier alpha value is -1.74. The molecule has 0 amide bonds. The summed E-state index contributed by atoms with van der Waals surface area (Å²) in [4.78, 5) is 25.8. The van der Waals surface area contributed by atoms with Crippen molar-refractivity contribution in [2.45, 2.75) is 64.5 Å². The van der Waals surface area contributed by atoms with E-state index < -0.39 is 12.6 Å². The quantitative estimate of drug-likeness (QED) is 0.532. The Kier molecular flexibility index (Phi) is 6.61. The number of aromatic nitrogens is 2. The number of carbonyl (C=O) groups excluding carboxylic acids is 1. The van der Waals surface area contributed by atoms with E-state index in [0.29, 0.717) is 26.8 Å². The van der Waals surface area contributed by atoms with E-state index in [-0.39, 0.29) is 0 Å². The lowest BCUT2D eigenvalue weighted by atomic mass is 9.71. The fourth-order valence-electron chi connectivity index (χ4n) is 6.26. The van der Waals surface area contributed by atoms with Crippen molar-refractivity contribution in [3.05, 3.63) is 17.3 Å². The molecule has 5 nitrogen and oxygen atoms in total. The SMILES string of the molecule is CC(=O)CC1CCC(CN2CCC3(CC2)CN(c2ncnc4sc(CC(F)(F)F)cc24)C3)CC1. The van der Waals surface area contributed by atoms with Gasteiger partial charge in [-0.3, -0.25) is 0 Å². The summed E-state index contributed by atoms with van der Waals surface area (Å²) in [5.74, 6) is 2.46. The zero-order valence-corrected chi connectivity index (χ0v) is 20.6. The second-order valence-corrected chi connectivity index (χ2v) is 12.0. The molecule has 186 valence electrons. The Morgan fingerprint density at radius 3 is 2.44 bits per heavy atom. The number of hydrogen-bond acceptors (Lipinski definition) is 6. The molecule has 0 bridgehead atoms. The second-order valence-electron chi connectivity index (χ2n) is 10.9. The van der Waals surface area contributed by atoms with Gasteiger partial charge in [0.1, 0.15) is 22.8 Å². The Morgan fingerprint density at radius 2 is 1.79 bits per heavy atom. The van der Waals surface area contributed by atoms with E-state index in [1.54, 1.807) is 13.0 Å². The van der Waals surface area contributed by atoms with Gasteiger partial charge in [0.05, 0.1) is 11.8 Å². The van der Waals surface area contributed by atoms with Gasteiger partial charge in [-0.25, -0.2) is 9.97 Å². The minimum absolute atomic E-state index is 0.295. The lowest BCUT2D eigenvalue weighted by Gasteiger charge is -2.55. The number of piperidine rings is 1. The molecule has 0 atom stereocenters. The minimum atomic E-state index is -4.21. The first-order valence-electron chi connectivity index (χ1n) is 12.4. The fraction of sp³-hybridized carbons (Fsp3) is 0.720. The van der Waals surface area contributed by atoms with Gasteiger partial charge in [-0.1, -0.05) is 0 Å². The van der Waals surface area contributed by atoms with Crippen LogP contribution in [0.2, 0.25) is 0 Å². The van der Waals surface area contributed by atoms with Crippen molar-refractivity contribution in [2.24, 2.45) is 17.3 Å². The van der Waals surface area contributed by atoms with Crippen molar-refractivity contribution in [1.82, 2.24) is 14.9 Å². The normalized spacial score (nSPS) is 25.6. The van der Waals surface area contributed by atoms with Gasteiger partial charge in [0, 0.05) is 36.3 Å². The van der Waals surface area contributed by atoms with Gasteiger partial charge in [-0.05, 0) is 76.4 Å². The lowest BCUT2D eigenvalue weighted by molar-refractivity contribution is -0.126. The summed E-state index contributed by atoms with van der Waals surface area (Å²) in [6, 6.07) is 1.63. The zero-order valence-electron chi connectivity index (χ0n) is 19.7. The molecular formula is C25H33F3N4OS. The van der Waals surface area contributed by atoms with E-state index in [1.165, 1.54) is 51.4 Å². The summed E-state index contributed by atoms with van der Waals surface area (Å²) in [7, 11) is 0. The highest BCUT2D eigenvalue weighted by molar-refractivity contribution is 7.18. The van der Waals surface area contributed by atoms with Crippen LogP contribution in [-0.2, 0) is 11.2 Å². The van der Waals surface area contributed by atoms with Gasteiger partial charge < -0.3 is 14.6 Å². The van der Waals surface area contributed by atoms with Gasteiger partial charge >= 0.3 is 6.18 Å². The number of alkyl halides is 3. The molecule has 2 aliphatic heterocycles. The molecular weight excluding hydrogens is 461 g/mol. The van der Waals surface area contributed by atoms with Crippen LogP contribution < -0.4 is 4.90 Å². The molecule has 1 aliphatic carbocycles. The molecule has 1 saturated carbocycles. The third-order valence-electron chi connectivity index (χ3n) is 8.06. The molecule has 2 aromatic rings. The number of anilines is 1. The zero-order chi connectivity index (χ0) is 23.9. The van der Waals surface area contributed by atoms with Crippen LogP contribution in [0.25, 0.3) is 10.2 Å². The number of rotatable bonds is 6. The first-order chi connectivity index (χ1) is 16.2. The molecule has 3 aliphatic rings. The highest BCUT2D eigenvalue weighted by Gasteiger charge is 2.46. The summed E-state index contributed by atoms with van der Waals surface area (Å²) in [5.41, 5.74) is 0.303. The van der Waals surface area contributed by atoms with Gasteiger partial charge in [0.25, 0.3) is 0 Å². The van der Waals surface area contributed by atoms with Gasteiger partial charge in [0.15, 0.2) is 0 Å². The van der Waals surface area contributed by atoms with Crippen molar-refractivity contribution in [1.29, 1.82) is 0 Å². The number of hydrogen-bond donors (Lipinski definition) is 0. The fourth-order valence-corrected chi connectivity index (χ4v) is 7.28. The lowest BCUT2D eigenvalue weighted by Crippen LogP contribution is -2.61. The number of likely N-dealkylation sites (tertiary alicyclic amines) is 1. The van der Waals surface area contributed by atoms with Crippen molar-refractivity contribution in [3.8, 4) is 0 Å². The van der Waals surface area contributed by atoms with Crippen LogP contribution in [0.4, 0.5) is 19.0 Å². The van der Waals surface area contributed by atoms with E-state index in [1.807, 2.05) is 0 Å². The topological polar surface area (TPSA) is 49.3 Å².